The molecule has 30 heavy (non-hydrogen) atoms. The first-order valence-corrected chi connectivity index (χ1v) is 10.5. The van der Waals surface area contributed by atoms with Crippen LogP contribution in [0.3, 0.4) is 0 Å². The SMILES string of the molecule is CON(C)S(=O)(=O)c1cc(C(=O)OCC(=O)NCCOc2ccccc2)ccc1Cl. The van der Waals surface area contributed by atoms with Crippen molar-refractivity contribution >= 4 is 33.5 Å². The fraction of sp³-hybridized carbons (Fsp3) is 0.263. The van der Waals surface area contributed by atoms with Gasteiger partial charge in [-0.2, -0.15) is 0 Å². The van der Waals surface area contributed by atoms with Crippen molar-refractivity contribution in [2.24, 2.45) is 0 Å². The summed E-state index contributed by atoms with van der Waals surface area (Å²) in [4.78, 5) is 28.4. The van der Waals surface area contributed by atoms with Crippen molar-refractivity contribution in [3.8, 4) is 5.75 Å². The van der Waals surface area contributed by atoms with E-state index in [9.17, 15) is 18.0 Å². The minimum Gasteiger partial charge on any atom is -0.492 e. The lowest BCUT2D eigenvalue weighted by molar-refractivity contribution is -0.124. The van der Waals surface area contributed by atoms with E-state index in [1.54, 1.807) is 12.1 Å². The Hall–Kier alpha value is -2.66. The predicted molar refractivity (Wildman–Crippen MR) is 109 cm³/mol. The quantitative estimate of drug-likeness (QED) is 0.330. The third-order valence-corrected chi connectivity index (χ3v) is 5.97. The highest BCUT2D eigenvalue weighted by molar-refractivity contribution is 7.89. The van der Waals surface area contributed by atoms with Crippen molar-refractivity contribution in [3.63, 3.8) is 0 Å². The first-order valence-electron chi connectivity index (χ1n) is 8.70. The zero-order valence-electron chi connectivity index (χ0n) is 16.3. The van der Waals surface area contributed by atoms with Gasteiger partial charge in [-0.15, -0.1) is 0 Å². The Morgan fingerprint density at radius 2 is 1.83 bits per heavy atom. The van der Waals surface area contributed by atoms with Gasteiger partial charge in [0.2, 0.25) is 0 Å². The summed E-state index contributed by atoms with van der Waals surface area (Å²) in [5.41, 5.74) is -0.0808. The smallest absolute Gasteiger partial charge is 0.338 e. The molecule has 11 heteroatoms. The Balaban J connectivity index is 1.87. The van der Waals surface area contributed by atoms with Crippen molar-refractivity contribution in [2.75, 3.05) is 33.9 Å². The molecule has 2 rings (SSSR count). The third kappa shape index (κ3) is 6.42. The molecule has 0 heterocycles. The van der Waals surface area contributed by atoms with E-state index in [1.165, 1.54) is 26.3 Å². The first-order chi connectivity index (χ1) is 14.3. The summed E-state index contributed by atoms with van der Waals surface area (Å²) in [7, 11) is -1.71. The summed E-state index contributed by atoms with van der Waals surface area (Å²) < 4.78 is 35.7. The van der Waals surface area contributed by atoms with E-state index in [0.717, 1.165) is 6.07 Å². The van der Waals surface area contributed by atoms with Crippen LogP contribution in [0.25, 0.3) is 0 Å². The number of para-hydroxylation sites is 1. The standard InChI is InChI=1S/C19H21ClN2O7S/c1-22(27-2)30(25,26)17-12-14(8-9-16(17)20)19(24)29-13-18(23)21-10-11-28-15-6-4-3-5-7-15/h3-9,12H,10-11,13H2,1-2H3,(H,21,23). The summed E-state index contributed by atoms with van der Waals surface area (Å²) in [6, 6.07) is 12.7. The van der Waals surface area contributed by atoms with Gasteiger partial charge in [0.05, 0.1) is 24.2 Å². The molecule has 0 aliphatic carbocycles. The maximum atomic E-state index is 12.4. The molecule has 9 nitrogen and oxygen atoms in total. The van der Waals surface area contributed by atoms with Crippen LogP contribution in [0, 0.1) is 0 Å². The topological polar surface area (TPSA) is 111 Å². The van der Waals surface area contributed by atoms with Gasteiger partial charge in [-0.05, 0) is 30.3 Å². The van der Waals surface area contributed by atoms with Crippen LogP contribution in [0.5, 0.6) is 5.75 Å². The average Bonchev–Trinajstić information content (AvgIpc) is 2.75. The molecule has 0 saturated heterocycles. The number of hydrogen-bond acceptors (Lipinski definition) is 7. The van der Waals surface area contributed by atoms with E-state index in [1.807, 2.05) is 18.2 Å². The van der Waals surface area contributed by atoms with E-state index in [4.69, 9.17) is 21.1 Å². The number of amides is 1. The van der Waals surface area contributed by atoms with Crippen LogP contribution in [0.4, 0.5) is 0 Å². The highest BCUT2D eigenvalue weighted by atomic mass is 35.5. The number of benzene rings is 2. The number of esters is 1. The van der Waals surface area contributed by atoms with Gasteiger partial charge in [0.1, 0.15) is 17.3 Å². The van der Waals surface area contributed by atoms with Crippen LogP contribution < -0.4 is 10.1 Å². The number of nitrogens with zero attached hydrogens (tertiary/aromatic N) is 1. The number of sulfonamides is 1. The molecular weight excluding hydrogens is 436 g/mol. The third-order valence-electron chi connectivity index (χ3n) is 3.81. The van der Waals surface area contributed by atoms with Crippen LogP contribution in [0.1, 0.15) is 10.4 Å². The molecule has 0 fully saturated rings. The van der Waals surface area contributed by atoms with Gasteiger partial charge < -0.3 is 14.8 Å². The predicted octanol–water partition coefficient (Wildman–Crippen LogP) is 1.87. The minimum absolute atomic E-state index is 0.0808. The summed E-state index contributed by atoms with van der Waals surface area (Å²) in [6.45, 7) is -0.0695. The Morgan fingerprint density at radius 1 is 1.13 bits per heavy atom. The number of rotatable bonds is 10. The molecular formula is C19H21ClN2O7S. The Kier molecular flexibility index (Phi) is 8.60. The normalized spacial score (nSPS) is 11.2. The largest absolute Gasteiger partial charge is 0.492 e. The van der Waals surface area contributed by atoms with Crippen molar-refractivity contribution in [1.82, 2.24) is 9.79 Å². The number of hydrogen-bond donors (Lipinski definition) is 1. The van der Waals surface area contributed by atoms with Gasteiger partial charge >= 0.3 is 5.97 Å². The van der Waals surface area contributed by atoms with Gasteiger partial charge in [-0.3, -0.25) is 9.63 Å². The maximum absolute atomic E-state index is 12.4. The lowest BCUT2D eigenvalue weighted by Crippen LogP contribution is -2.32. The average molecular weight is 457 g/mol. The number of carbonyl (C=O) groups excluding carboxylic acids is 2. The first kappa shape index (κ1) is 23.6. The van der Waals surface area contributed by atoms with Crippen LogP contribution in [-0.2, 0) is 24.4 Å². The molecule has 0 saturated carbocycles. The van der Waals surface area contributed by atoms with Gasteiger partial charge in [0, 0.05) is 7.05 Å². The summed E-state index contributed by atoms with van der Waals surface area (Å²) >= 11 is 5.94. The fourth-order valence-electron chi connectivity index (χ4n) is 2.21. The fourth-order valence-corrected chi connectivity index (χ4v) is 3.68. The molecule has 0 aliphatic rings. The van der Waals surface area contributed by atoms with Gasteiger partial charge in [0.25, 0.3) is 15.9 Å². The second-order valence-corrected chi connectivity index (χ2v) is 8.14. The van der Waals surface area contributed by atoms with E-state index in [-0.39, 0.29) is 28.6 Å². The van der Waals surface area contributed by atoms with E-state index in [0.29, 0.717) is 10.2 Å². The Bertz CT molecular complexity index is 984. The summed E-state index contributed by atoms with van der Waals surface area (Å²) in [5.74, 6) is -0.731. The summed E-state index contributed by atoms with van der Waals surface area (Å²) in [5, 5.41) is 2.45. The minimum atomic E-state index is -4.07. The molecule has 0 spiro atoms. The molecule has 1 N–H and O–H groups in total. The molecule has 2 aromatic rings. The van der Waals surface area contributed by atoms with E-state index < -0.39 is 28.5 Å². The molecule has 0 radical (unpaired) electrons. The van der Waals surface area contributed by atoms with Gasteiger partial charge in [-0.25, -0.2) is 13.2 Å². The highest BCUT2D eigenvalue weighted by Crippen LogP contribution is 2.25. The highest BCUT2D eigenvalue weighted by Gasteiger charge is 2.25. The molecule has 162 valence electrons. The zero-order chi connectivity index (χ0) is 22.1. The number of nitrogens with one attached hydrogen (secondary N) is 1. The van der Waals surface area contributed by atoms with Crippen molar-refractivity contribution in [1.29, 1.82) is 0 Å². The van der Waals surface area contributed by atoms with Crippen LogP contribution in [-0.4, -0.2) is 58.7 Å². The molecule has 1 amide bonds. The number of hydroxylamine groups is 1. The Labute approximate surface area is 179 Å². The molecule has 0 unspecified atom stereocenters. The van der Waals surface area contributed by atoms with E-state index in [2.05, 4.69) is 10.2 Å². The molecule has 0 bridgehead atoms. The van der Waals surface area contributed by atoms with Crippen molar-refractivity contribution < 1.29 is 32.3 Å². The second kappa shape index (κ2) is 10.9. The van der Waals surface area contributed by atoms with Gasteiger partial charge in [0.15, 0.2) is 6.61 Å². The van der Waals surface area contributed by atoms with Crippen molar-refractivity contribution in [2.45, 2.75) is 4.90 Å². The second-order valence-electron chi connectivity index (χ2n) is 5.83. The molecule has 0 aliphatic heterocycles. The molecule has 2 aromatic carbocycles. The zero-order valence-corrected chi connectivity index (χ0v) is 17.9. The number of carbonyl (C=O) groups is 2. The van der Waals surface area contributed by atoms with Crippen LogP contribution >= 0.6 is 11.6 Å². The maximum Gasteiger partial charge on any atom is 0.338 e. The monoisotopic (exact) mass is 456 g/mol. The molecule has 0 atom stereocenters. The lowest BCUT2D eigenvalue weighted by Gasteiger charge is -2.15. The Morgan fingerprint density at radius 3 is 2.50 bits per heavy atom. The number of halogens is 1. The van der Waals surface area contributed by atoms with E-state index >= 15 is 0 Å². The lowest BCUT2D eigenvalue weighted by atomic mass is 10.2. The van der Waals surface area contributed by atoms with Gasteiger partial charge in [-0.1, -0.05) is 34.3 Å². The molecule has 0 aromatic heterocycles. The number of ether oxygens (including phenoxy) is 2. The summed E-state index contributed by atoms with van der Waals surface area (Å²) in [6.07, 6.45) is 0. The van der Waals surface area contributed by atoms with Crippen LogP contribution in [0.15, 0.2) is 53.4 Å². The van der Waals surface area contributed by atoms with Crippen molar-refractivity contribution in [3.05, 3.63) is 59.1 Å². The van der Waals surface area contributed by atoms with Crippen LogP contribution in [0.2, 0.25) is 5.02 Å².